The molecule has 0 bridgehead atoms. The van der Waals surface area contributed by atoms with Crippen LogP contribution in [0.1, 0.15) is 43.7 Å². The van der Waals surface area contributed by atoms with Crippen LogP contribution in [-0.2, 0) is 25.6 Å². The van der Waals surface area contributed by atoms with Crippen LogP contribution in [0.2, 0.25) is 0 Å². The SMILES string of the molecule is CCc1ccc(N2C(=O)C3CC=C4C(c5cccc(O)c5)C5=C(CC4C3C2=O)C(=O)C=C(C)C5=O)cc1. The predicted octanol–water partition coefficient (Wildman–Crippen LogP) is 4.59. The maximum atomic E-state index is 13.9. The number of Topliss-reactive ketones (excluding diaryl/α,β-unsaturated/α-hetero) is 1. The highest BCUT2D eigenvalue weighted by atomic mass is 16.3. The summed E-state index contributed by atoms with van der Waals surface area (Å²) in [6.45, 7) is 3.69. The van der Waals surface area contributed by atoms with Gasteiger partial charge in [0.1, 0.15) is 5.75 Å². The van der Waals surface area contributed by atoms with Gasteiger partial charge in [-0.05, 0) is 73.6 Å². The number of fused-ring (bicyclic) bond motifs is 3. The number of phenols is 1. The first kappa shape index (κ1) is 23.3. The summed E-state index contributed by atoms with van der Waals surface area (Å²) in [7, 11) is 0. The van der Waals surface area contributed by atoms with Crippen LogP contribution in [0.25, 0.3) is 0 Å². The Kier molecular flexibility index (Phi) is 5.37. The van der Waals surface area contributed by atoms with Crippen molar-refractivity contribution in [3.05, 3.63) is 94.1 Å². The number of hydrogen-bond donors (Lipinski definition) is 1. The van der Waals surface area contributed by atoms with Crippen molar-refractivity contribution in [2.75, 3.05) is 4.90 Å². The zero-order valence-electron chi connectivity index (χ0n) is 20.7. The molecule has 1 saturated heterocycles. The number of aromatic hydroxyl groups is 1. The van der Waals surface area contributed by atoms with E-state index in [0.717, 1.165) is 17.6 Å². The minimum atomic E-state index is -0.609. The highest BCUT2D eigenvalue weighted by Gasteiger charge is 2.56. The third-order valence-electron chi connectivity index (χ3n) is 8.37. The highest BCUT2D eigenvalue weighted by Crippen LogP contribution is 2.55. The molecular weight excluding hydrogens is 466 g/mol. The monoisotopic (exact) mass is 493 g/mol. The van der Waals surface area contributed by atoms with E-state index in [1.165, 1.54) is 11.0 Å². The van der Waals surface area contributed by atoms with Crippen molar-refractivity contribution in [1.82, 2.24) is 0 Å². The Balaban J connectivity index is 1.46. The molecule has 6 nitrogen and oxygen atoms in total. The van der Waals surface area contributed by atoms with Gasteiger partial charge in [-0.3, -0.25) is 24.1 Å². The van der Waals surface area contributed by atoms with Crippen LogP contribution in [0, 0.1) is 17.8 Å². The van der Waals surface area contributed by atoms with Gasteiger partial charge in [-0.1, -0.05) is 42.8 Å². The summed E-state index contributed by atoms with van der Waals surface area (Å²) in [5, 5.41) is 10.2. The molecule has 2 aromatic carbocycles. The van der Waals surface area contributed by atoms with Crippen molar-refractivity contribution in [2.45, 2.75) is 39.0 Å². The molecule has 0 aromatic heterocycles. The second kappa shape index (κ2) is 8.51. The third-order valence-corrected chi connectivity index (χ3v) is 8.37. The average Bonchev–Trinajstić information content (AvgIpc) is 3.16. The Hall–Kier alpha value is -4.06. The molecule has 2 amide bonds. The summed E-state index contributed by atoms with van der Waals surface area (Å²) < 4.78 is 0. The van der Waals surface area contributed by atoms with E-state index < -0.39 is 17.8 Å². The quantitative estimate of drug-likeness (QED) is 0.384. The number of amides is 2. The molecule has 37 heavy (non-hydrogen) atoms. The normalized spacial score (nSPS) is 27.0. The summed E-state index contributed by atoms with van der Waals surface area (Å²) in [5.74, 6) is -2.87. The Morgan fingerprint density at radius 3 is 2.43 bits per heavy atom. The van der Waals surface area contributed by atoms with E-state index in [-0.39, 0.29) is 41.5 Å². The summed E-state index contributed by atoms with van der Waals surface area (Å²) >= 11 is 0. The van der Waals surface area contributed by atoms with Crippen molar-refractivity contribution >= 4 is 29.1 Å². The van der Waals surface area contributed by atoms with Gasteiger partial charge >= 0.3 is 0 Å². The molecule has 4 aliphatic rings. The minimum Gasteiger partial charge on any atom is -0.508 e. The van der Waals surface area contributed by atoms with Crippen LogP contribution < -0.4 is 4.90 Å². The summed E-state index contributed by atoms with van der Waals surface area (Å²) in [6.07, 6.45) is 4.86. The number of allylic oxidation sites excluding steroid dienone is 6. The van der Waals surface area contributed by atoms with Gasteiger partial charge in [0.25, 0.3) is 0 Å². The first-order chi connectivity index (χ1) is 17.8. The highest BCUT2D eigenvalue weighted by molar-refractivity contribution is 6.25. The van der Waals surface area contributed by atoms with Gasteiger partial charge in [-0.25, -0.2) is 0 Å². The molecule has 1 aliphatic heterocycles. The lowest BCUT2D eigenvalue weighted by molar-refractivity contribution is -0.123. The van der Waals surface area contributed by atoms with Crippen molar-refractivity contribution in [3.63, 3.8) is 0 Å². The number of carbonyl (C=O) groups is 4. The fraction of sp³-hybridized carbons (Fsp3) is 0.290. The van der Waals surface area contributed by atoms with Crippen LogP contribution >= 0.6 is 0 Å². The van der Waals surface area contributed by atoms with Crippen molar-refractivity contribution < 1.29 is 24.3 Å². The summed E-state index contributed by atoms with van der Waals surface area (Å²) in [6, 6.07) is 14.2. The summed E-state index contributed by atoms with van der Waals surface area (Å²) in [5.41, 5.74) is 4.49. The second-order valence-corrected chi connectivity index (χ2v) is 10.4. The minimum absolute atomic E-state index is 0.0618. The molecule has 4 unspecified atom stereocenters. The van der Waals surface area contributed by atoms with Crippen molar-refractivity contribution in [3.8, 4) is 5.75 Å². The van der Waals surface area contributed by atoms with Gasteiger partial charge in [0, 0.05) is 22.6 Å². The molecule has 1 N–H and O–H groups in total. The number of carbonyl (C=O) groups excluding carboxylic acids is 4. The number of rotatable bonds is 3. The lowest BCUT2D eigenvalue weighted by atomic mass is 9.59. The number of imide groups is 1. The van der Waals surface area contributed by atoms with Gasteiger partial charge in [-0.15, -0.1) is 0 Å². The molecule has 4 atom stereocenters. The van der Waals surface area contributed by atoms with E-state index in [1.807, 2.05) is 43.3 Å². The Bertz CT molecular complexity index is 1480. The third kappa shape index (κ3) is 3.46. The standard InChI is InChI=1S/C31H27NO5/c1-3-17-7-9-19(10-8-17)32-30(36)22-12-11-21-23(27(22)31(32)37)15-24-25(34)13-16(2)29(35)28(24)26(21)18-5-4-6-20(33)14-18/h4-11,13-14,22-23,26-27,33H,3,12,15H2,1-2H3. The average molecular weight is 494 g/mol. The molecule has 2 aromatic rings. The van der Waals surface area contributed by atoms with Gasteiger partial charge in [0.05, 0.1) is 17.5 Å². The lowest BCUT2D eigenvalue weighted by Crippen LogP contribution is -2.39. The van der Waals surface area contributed by atoms with Crippen LogP contribution in [0.15, 0.2) is 83.0 Å². The van der Waals surface area contributed by atoms with Crippen molar-refractivity contribution in [2.24, 2.45) is 17.8 Å². The molecule has 1 fully saturated rings. The largest absolute Gasteiger partial charge is 0.508 e. The Morgan fingerprint density at radius 2 is 1.73 bits per heavy atom. The smallest absolute Gasteiger partial charge is 0.238 e. The van der Waals surface area contributed by atoms with Crippen LogP contribution in [0.4, 0.5) is 5.69 Å². The van der Waals surface area contributed by atoms with E-state index in [0.29, 0.717) is 34.4 Å². The number of nitrogens with zero attached hydrogens (tertiary/aromatic N) is 1. The molecular formula is C31H27NO5. The Labute approximate surface area is 215 Å². The van der Waals surface area contributed by atoms with Crippen molar-refractivity contribution in [1.29, 1.82) is 0 Å². The van der Waals surface area contributed by atoms with Gasteiger partial charge in [-0.2, -0.15) is 0 Å². The first-order valence-electron chi connectivity index (χ1n) is 12.8. The summed E-state index contributed by atoms with van der Waals surface area (Å²) in [4.78, 5) is 55.2. The maximum absolute atomic E-state index is 13.9. The van der Waals surface area contributed by atoms with Crippen LogP contribution in [0.5, 0.6) is 5.75 Å². The number of ketones is 2. The number of phenolic OH excluding ortho intramolecular Hbond substituents is 1. The van der Waals surface area contributed by atoms with E-state index >= 15 is 0 Å². The van der Waals surface area contributed by atoms with E-state index in [2.05, 4.69) is 0 Å². The molecule has 0 saturated carbocycles. The van der Waals surface area contributed by atoms with E-state index in [4.69, 9.17) is 0 Å². The topological polar surface area (TPSA) is 91.8 Å². The number of hydrogen-bond acceptors (Lipinski definition) is 5. The van der Waals surface area contributed by atoms with Crippen LogP contribution in [-0.4, -0.2) is 28.5 Å². The maximum Gasteiger partial charge on any atom is 0.238 e. The molecule has 0 spiro atoms. The number of aryl methyl sites for hydroxylation is 1. The van der Waals surface area contributed by atoms with Gasteiger partial charge < -0.3 is 5.11 Å². The van der Waals surface area contributed by atoms with E-state index in [1.54, 1.807) is 25.1 Å². The number of anilines is 1. The van der Waals surface area contributed by atoms with E-state index in [9.17, 15) is 24.3 Å². The number of benzene rings is 2. The van der Waals surface area contributed by atoms with Gasteiger partial charge in [0.2, 0.25) is 11.8 Å². The van der Waals surface area contributed by atoms with Crippen LogP contribution in [0.3, 0.4) is 0 Å². The Morgan fingerprint density at radius 1 is 0.973 bits per heavy atom. The zero-order chi connectivity index (χ0) is 26.0. The molecule has 6 rings (SSSR count). The fourth-order valence-corrected chi connectivity index (χ4v) is 6.58. The molecule has 186 valence electrons. The molecule has 0 radical (unpaired) electrons. The molecule has 1 heterocycles. The first-order valence-corrected chi connectivity index (χ1v) is 12.8. The molecule has 6 heteroatoms. The fourth-order valence-electron chi connectivity index (χ4n) is 6.58. The lowest BCUT2D eigenvalue weighted by Gasteiger charge is -2.42. The predicted molar refractivity (Wildman–Crippen MR) is 138 cm³/mol. The van der Waals surface area contributed by atoms with Gasteiger partial charge in [0.15, 0.2) is 11.6 Å². The zero-order valence-corrected chi connectivity index (χ0v) is 20.7. The molecule has 3 aliphatic carbocycles. The second-order valence-electron chi connectivity index (χ2n) is 10.4.